The van der Waals surface area contributed by atoms with Gasteiger partial charge < -0.3 is 4.74 Å². The summed E-state index contributed by atoms with van der Waals surface area (Å²) in [6.45, 7) is 4.44. The van der Waals surface area contributed by atoms with E-state index in [1.165, 1.54) is 5.56 Å². The molecule has 1 heterocycles. The number of ether oxygens (including phenoxy) is 1. The van der Waals surface area contributed by atoms with Crippen LogP contribution in [-0.4, -0.2) is 9.97 Å². The first-order chi connectivity index (χ1) is 13.2. The van der Waals surface area contributed by atoms with Gasteiger partial charge in [0.15, 0.2) is 5.82 Å². The van der Waals surface area contributed by atoms with Crippen LogP contribution in [0.5, 0.6) is 11.6 Å². The minimum atomic E-state index is 0.545. The van der Waals surface area contributed by atoms with Crippen molar-refractivity contribution in [2.75, 3.05) is 0 Å². The van der Waals surface area contributed by atoms with Gasteiger partial charge >= 0.3 is 0 Å². The molecule has 0 saturated heterocycles. The van der Waals surface area contributed by atoms with E-state index in [1.54, 1.807) is 0 Å². The molecule has 0 bridgehead atoms. The van der Waals surface area contributed by atoms with E-state index in [0.29, 0.717) is 17.6 Å². The zero-order valence-electron chi connectivity index (χ0n) is 15.6. The van der Waals surface area contributed by atoms with Crippen molar-refractivity contribution < 1.29 is 4.74 Å². The van der Waals surface area contributed by atoms with Gasteiger partial charge in [0, 0.05) is 5.56 Å². The molecular weight excluding hydrogens is 332 g/mol. The second-order valence-electron chi connectivity index (χ2n) is 6.72. The molecule has 0 fully saturated rings. The highest BCUT2D eigenvalue weighted by Gasteiger charge is 2.11. The molecule has 0 amide bonds. The minimum Gasteiger partial charge on any atom is -0.438 e. The summed E-state index contributed by atoms with van der Waals surface area (Å²) in [6.07, 6.45) is 1.12. The van der Waals surface area contributed by atoms with Gasteiger partial charge in [0.1, 0.15) is 5.75 Å². The smallest absolute Gasteiger partial charge is 0.230 e. The lowest BCUT2D eigenvalue weighted by Crippen LogP contribution is -1.96. The normalized spacial score (nSPS) is 12.1. The molecule has 1 aromatic heterocycles. The third-order valence-corrected chi connectivity index (χ3v) is 4.88. The summed E-state index contributed by atoms with van der Waals surface area (Å²) >= 11 is 0. The van der Waals surface area contributed by atoms with Crippen LogP contribution in [0.3, 0.4) is 0 Å². The maximum Gasteiger partial charge on any atom is 0.230 e. The van der Waals surface area contributed by atoms with Crippen LogP contribution < -0.4 is 4.74 Å². The Morgan fingerprint density at radius 2 is 1.52 bits per heavy atom. The number of hydrogen-bond acceptors (Lipinski definition) is 3. The van der Waals surface area contributed by atoms with Crippen molar-refractivity contribution in [3.63, 3.8) is 0 Å². The largest absolute Gasteiger partial charge is 0.438 e. The molecule has 134 valence electrons. The van der Waals surface area contributed by atoms with E-state index in [4.69, 9.17) is 14.7 Å². The topological polar surface area (TPSA) is 35.0 Å². The van der Waals surface area contributed by atoms with E-state index in [9.17, 15) is 0 Å². The Labute approximate surface area is 159 Å². The fraction of sp³-hybridized carbons (Fsp3) is 0.167. The molecule has 4 rings (SSSR count). The molecular formula is C24H22N2O. The summed E-state index contributed by atoms with van der Waals surface area (Å²) in [6, 6.07) is 26.2. The number of benzene rings is 3. The van der Waals surface area contributed by atoms with E-state index in [-0.39, 0.29) is 0 Å². The van der Waals surface area contributed by atoms with E-state index >= 15 is 0 Å². The van der Waals surface area contributed by atoms with Crippen LogP contribution in [0.2, 0.25) is 0 Å². The predicted molar refractivity (Wildman–Crippen MR) is 110 cm³/mol. The lowest BCUT2D eigenvalue weighted by molar-refractivity contribution is 0.468. The van der Waals surface area contributed by atoms with Gasteiger partial charge in [-0.15, -0.1) is 0 Å². The minimum absolute atomic E-state index is 0.545. The number of hydrogen-bond donors (Lipinski definition) is 0. The van der Waals surface area contributed by atoms with Crippen LogP contribution in [0, 0.1) is 0 Å². The molecule has 0 N–H and O–H groups in total. The maximum atomic E-state index is 6.17. The maximum absolute atomic E-state index is 6.17. The fourth-order valence-electron chi connectivity index (χ4n) is 3.05. The summed E-state index contributed by atoms with van der Waals surface area (Å²) in [7, 11) is 0. The zero-order valence-corrected chi connectivity index (χ0v) is 15.6. The molecule has 27 heavy (non-hydrogen) atoms. The summed E-state index contributed by atoms with van der Waals surface area (Å²) < 4.78 is 6.17. The Bertz CT molecular complexity index is 1040. The van der Waals surface area contributed by atoms with Crippen molar-refractivity contribution in [2.24, 2.45) is 0 Å². The first-order valence-corrected chi connectivity index (χ1v) is 9.34. The molecule has 0 saturated carbocycles. The van der Waals surface area contributed by atoms with Gasteiger partial charge in [-0.2, -0.15) is 4.98 Å². The van der Waals surface area contributed by atoms with Crippen LogP contribution in [0.1, 0.15) is 31.7 Å². The van der Waals surface area contributed by atoms with Gasteiger partial charge in [-0.3, -0.25) is 0 Å². The summed E-state index contributed by atoms with van der Waals surface area (Å²) in [4.78, 5) is 9.41. The Kier molecular flexibility index (Phi) is 4.84. The van der Waals surface area contributed by atoms with Crippen molar-refractivity contribution in [1.82, 2.24) is 9.97 Å². The average molecular weight is 354 g/mol. The Balaban J connectivity index is 1.74. The van der Waals surface area contributed by atoms with Crippen LogP contribution in [0.15, 0.2) is 78.9 Å². The van der Waals surface area contributed by atoms with Crippen molar-refractivity contribution in [3.05, 3.63) is 84.4 Å². The molecule has 0 unspecified atom stereocenters. The molecule has 3 aromatic carbocycles. The number of fused-ring (bicyclic) bond motifs is 1. The Morgan fingerprint density at radius 3 is 2.26 bits per heavy atom. The fourth-order valence-corrected chi connectivity index (χ4v) is 3.05. The van der Waals surface area contributed by atoms with Crippen molar-refractivity contribution >= 4 is 10.9 Å². The highest BCUT2D eigenvalue weighted by Crippen LogP contribution is 2.31. The van der Waals surface area contributed by atoms with E-state index < -0.39 is 0 Å². The third kappa shape index (κ3) is 3.68. The first kappa shape index (κ1) is 17.2. The predicted octanol–water partition coefficient (Wildman–Crippen LogP) is 6.60. The first-order valence-electron chi connectivity index (χ1n) is 9.34. The molecule has 0 aliphatic rings. The molecule has 0 radical (unpaired) electrons. The molecule has 0 aliphatic heterocycles. The van der Waals surface area contributed by atoms with Gasteiger partial charge in [0.25, 0.3) is 0 Å². The lowest BCUT2D eigenvalue weighted by Gasteiger charge is -2.12. The van der Waals surface area contributed by atoms with Crippen molar-refractivity contribution in [2.45, 2.75) is 26.2 Å². The summed E-state index contributed by atoms with van der Waals surface area (Å²) in [5, 5.41) is 0.906. The molecule has 4 aromatic rings. The van der Waals surface area contributed by atoms with Gasteiger partial charge in [-0.25, -0.2) is 4.98 Å². The third-order valence-electron chi connectivity index (χ3n) is 4.88. The van der Waals surface area contributed by atoms with E-state index in [0.717, 1.165) is 28.6 Å². The molecule has 1 atom stereocenters. The number of nitrogens with zero attached hydrogens (tertiary/aromatic N) is 2. The zero-order chi connectivity index (χ0) is 18.6. The molecule has 3 heteroatoms. The molecule has 0 spiro atoms. The highest BCUT2D eigenvalue weighted by atomic mass is 16.5. The van der Waals surface area contributed by atoms with E-state index in [1.807, 2.05) is 66.7 Å². The van der Waals surface area contributed by atoms with Gasteiger partial charge in [0.2, 0.25) is 5.88 Å². The standard InChI is InChI=1S/C24H22N2O/c1-3-17(2)18-13-15-20(16-14-18)27-24-21-11-7-8-12-22(21)25-23(26-24)19-9-5-4-6-10-19/h4-17H,3H2,1-2H3/t17-/m0/s1. The number of aromatic nitrogens is 2. The Hall–Kier alpha value is -3.20. The number of para-hydroxylation sites is 1. The summed E-state index contributed by atoms with van der Waals surface area (Å²) in [5.41, 5.74) is 3.17. The quantitative estimate of drug-likeness (QED) is 0.405. The average Bonchev–Trinajstić information content (AvgIpc) is 2.74. The van der Waals surface area contributed by atoms with Crippen molar-refractivity contribution in [3.8, 4) is 23.0 Å². The second kappa shape index (κ2) is 7.58. The summed E-state index contributed by atoms with van der Waals surface area (Å²) in [5.74, 6) is 2.57. The van der Waals surface area contributed by atoms with Gasteiger partial charge in [0.05, 0.1) is 10.9 Å². The highest BCUT2D eigenvalue weighted by molar-refractivity contribution is 5.85. The second-order valence-corrected chi connectivity index (χ2v) is 6.72. The lowest BCUT2D eigenvalue weighted by atomic mass is 9.99. The van der Waals surface area contributed by atoms with Crippen molar-refractivity contribution in [1.29, 1.82) is 0 Å². The SMILES string of the molecule is CC[C@H](C)c1ccc(Oc2nc(-c3ccccc3)nc3ccccc23)cc1. The van der Waals surface area contributed by atoms with Crippen LogP contribution in [-0.2, 0) is 0 Å². The van der Waals surface area contributed by atoms with Crippen LogP contribution in [0.4, 0.5) is 0 Å². The van der Waals surface area contributed by atoms with Gasteiger partial charge in [-0.1, -0.05) is 68.4 Å². The van der Waals surface area contributed by atoms with Crippen LogP contribution >= 0.6 is 0 Å². The Morgan fingerprint density at radius 1 is 0.815 bits per heavy atom. The van der Waals surface area contributed by atoms with Crippen LogP contribution in [0.25, 0.3) is 22.3 Å². The monoisotopic (exact) mass is 354 g/mol. The molecule has 3 nitrogen and oxygen atoms in total. The van der Waals surface area contributed by atoms with E-state index in [2.05, 4.69) is 26.0 Å². The van der Waals surface area contributed by atoms with Gasteiger partial charge in [-0.05, 0) is 42.2 Å². The number of rotatable bonds is 5. The molecule has 0 aliphatic carbocycles.